The number of hydrogen-bond donors (Lipinski definition) is 2. The van der Waals surface area contributed by atoms with Crippen molar-refractivity contribution in [2.45, 2.75) is 31.1 Å². The van der Waals surface area contributed by atoms with Gasteiger partial charge in [0.1, 0.15) is 11.5 Å². The number of likely N-dealkylation sites (tertiary alicyclic amines) is 2. The zero-order valence-electron chi connectivity index (χ0n) is 21.3. The molecule has 0 saturated carbocycles. The van der Waals surface area contributed by atoms with E-state index in [4.69, 9.17) is 9.47 Å². The van der Waals surface area contributed by atoms with Crippen molar-refractivity contribution in [3.05, 3.63) is 59.9 Å². The summed E-state index contributed by atoms with van der Waals surface area (Å²) in [7, 11) is 3.32. The number of rotatable bonds is 7. The first-order valence-electron chi connectivity index (χ1n) is 12.9. The molecule has 37 heavy (non-hydrogen) atoms. The van der Waals surface area contributed by atoms with E-state index in [2.05, 4.69) is 33.2 Å². The number of methoxy groups -OCH3 is 2. The first kappa shape index (κ1) is 23.6. The third-order valence-electron chi connectivity index (χ3n) is 8.13. The maximum Gasteiger partial charge on any atom is 0.237 e. The highest BCUT2D eigenvalue weighted by atomic mass is 16.5. The lowest BCUT2D eigenvalue weighted by atomic mass is 9.89. The minimum absolute atomic E-state index is 0.0881. The molecular weight excluding hydrogens is 468 g/mol. The zero-order valence-corrected chi connectivity index (χ0v) is 21.3. The average Bonchev–Trinajstić information content (AvgIpc) is 3.62. The van der Waals surface area contributed by atoms with Crippen molar-refractivity contribution in [2.24, 2.45) is 0 Å². The van der Waals surface area contributed by atoms with Crippen molar-refractivity contribution in [2.75, 3.05) is 40.4 Å². The monoisotopic (exact) mass is 500 g/mol. The van der Waals surface area contributed by atoms with Gasteiger partial charge in [-0.2, -0.15) is 0 Å². The van der Waals surface area contributed by atoms with E-state index in [1.54, 1.807) is 14.2 Å². The molecule has 8 nitrogen and oxygen atoms in total. The Morgan fingerprint density at radius 1 is 0.838 bits per heavy atom. The van der Waals surface area contributed by atoms with Crippen LogP contribution in [-0.4, -0.2) is 72.0 Å². The first-order valence-corrected chi connectivity index (χ1v) is 12.9. The second kappa shape index (κ2) is 9.59. The minimum Gasteiger partial charge on any atom is -0.497 e. The summed E-state index contributed by atoms with van der Waals surface area (Å²) in [6, 6.07) is 11.9. The number of imide groups is 1. The second-order valence-corrected chi connectivity index (χ2v) is 10.1. The average molecular weight is 501 g/mol. The van der Waals surface area contributed by atoms with Crippen LogP contribution in [-0.2, 0) is 9.59 Å². The highest BCUT2D eigenvalue weighted by Gasteiger charge is 2.40. The first-order chi connectivity index (χ1) is 18.1. The van der Waals surface area contributed by atoms with Crippen molar-refractivity contribution in [1.29, 1.82) is 0 Å². The number of hydrogen-bond acceptors (Lipinski definition) is 5. The van der Waals surface area contributed by atoms with Crippen LogP contribution in [0.5, 0.6) is 11.5 Å². The van der Waals surface area contributed by atoms with Crippen LogP contribution in [0.3, 0.4) is 0 Å². The van der Waals surface area contributed by atoms with Crippen molar-refractivity contribution in [1.82, 2.24) is 19.8 Å². The van der Waals surface area contributed by atoms with Crippen molar-refractivity contribution in [3.8, 4) is 11.5 Å². The molecule has 0 radical (unpaired) electrons. The van der Waals surface area contributed by atoms with Gasteiger partial charge < -0.3 is 24.3 Å². The minimum atomic E-state index is -0.446. The molecule has 1 atom stereocenters. The van der Waals surface area contributed by atoms with Crippen LogP contribution in [0.15, 0.2) is 48.8 Å². The van der Waals surface area contributed by atoms with Gasteiger partial charge in [0.05, 0.1) is 20.1 Å². The number of ether oxygens (including phenoxy) is 2. The highest BCUT2D eigenvalue weighted by Crippen LogP contribution is 2.37. The lowest BCUT2D eigenvalue weighted by molar-refractivity contribution is -0.138. The summed E-state index contributed by atoms with van der Waals surface area (Å²) >= 11 is 0. The van der Waals surface area contributed by atoms with Gasteiger partial charge in [-0.25, -0.2) is 0 Å². The topological polar surface area (TPSA) is 90.7 Å². The Balaban J connectivity index is 1.08. The molecule has 4 heterocycles. The van der Waals surface area contributed by atoms with Gasteiger partial charge in [-0.1, -0.05) is 0 Å². The third kappa shape index (κ3) is 4.25. The smallest absolute Gasteiger partial charge is 0.237 e. The number of nitrogens with one attached hydrogen (secondary N) is 2. The maximum absolute atomic E-state index is 13.3. The predicted octanol–water partition coefficient (Wildman–Crippen LogP) is 4.39. The quantitative estimate of drug-likeness (QED) is 0.368. The summed E-state index contributed by atoms with van der Waals surface area (Å²) in [4.78, 5) is 36.6. The summed E-state index contributed by atoms with van der Waals surface area (Å²) in [5.41, 5.74) is 4.28. The molecule has 2 aromatic heterocycles. The molecule has 6 rings (SSSR count). The van der Waals surface area contributed by atoms with E-state index >= 15 is 0 Å². The normalized spacial score (nSPS) is 19.4. The van der Waals surface area contributed by atoms with Crippen LogP contribution in [0.2, 0.25) is 0 Å². The van der Waals surface area contributed by atoms with E-state index in [1.165, 1.54) is 15.8 Å². The Labute approximate surface area is 215 Å². The molecule has 4 aromatic rings. The van der Waals surface area contributed by atoms with E-state index in [9.17, 15) is 9.59 Å². The van der Waals surface area contributed by atoms with Crippen molar-refractivity contribution >= 4 is 33.6 Å². The maximum atomic E-state index is 13.3. The summed E-state index contributed by atoms with van der Waals surface area (Å²) in [5.74, 6) is 1.45. The number of carbonyl (C=O) groups is 2. The Kier molecular flexibility index (Phi) is 6.12. The van der Waals surface area contributed by atoms with E-state index in [-0.39, 0.29) is 18.2 Å². The molecule has 192 valence electrons. The molecule has 2 N–H and O–H groups in total. The Morgan fingerprint density at radius 3 is 2.05 bits per heavy atom. The fraction of sp³-hybridized carbons (Fsp3) is 0.379. The van der Waals surface area contributed by atoms with Crippen molar-refractivity contribution in [3.63, 3.8) is 0 Å². The Morgan fingerprint density at radius 2 is 1.43 bits per heavy atom. The summed E-state index contributed by atoms with van der Waals surface area (Å²) in [6.45, 7) is 3.04. The zero-order chi connectivity index (χ0) is 25.5. The molecule has 0 spiro atoms. The van der Waals surface area contributed by atoms with Crippen LogP contribution in [0.4, 0.5) is 0 Å². The van der Waals surface area contributed by atoms with Gasteiger partial charge in [0.2, 0.25) is 11.8 Å². The number of fused-ring (bicyclic) bond motifs is 2. The van der Waals surface area contributed by atoms with Gasteiger partial charge in [0.25, 0.3) is 0 Å². The second-order valence-electron chi connectivity index (χ2n) is 10.1. The van der Waals surface area contributed by atoms with Crippen LogP contribution < -0.4 is 9.47 Å². The molecule has 2 saturated heterocycles. The van der Waals surface area contributed by atoms with Gasteiger partial charge in [0, 0.05) is 53.7 Å². The van der Waals surface area contributed by atoms with Crippen LogP contribution in [0.25, 0.3) is 21.8 Å². The number of benzene rings is 2. The highest BCUT2D eigenvalue weighted by molar-refractivity contribution is 6.08. The predicted molar refractivity (Wildman–Crippen MR) is 142 cm³/mol. The van der Waals surface area contributed by atoms with Gasteiger partial charge in [0.15, 0.2) is 0 Å². The fourth-order valence-electron chi connectivity index (χ4n) is 5.99. The number of carbonyl (C=O) groups excluding carboxylic acids is 2. The van der Waals surface area contributed by atoms with Gasteiger partial charge in [-0.05, 0) is 79.4 Å². The number of aromatic nitrogens is 2. The SMILES string of the molecule is COc1ccc2[nH]cc(C3CCN(CCN4C(=O)CC(c5c[nH]c6ccc(OC)cc56)C4=O)CC3)c2c1. The molecule has 2 aromatic carbocycles. The number of piperidine rings is 1. The molecule has 2 amide bonds. The van der Waals surface area contributed by atoms with Crippen LogP contribution in [0.1, 0.15) is 42.2 Å². The van der Waals surface area contributed by atoms with E-state index in [1.807, 2.05) is 30.5 Å². The largest absolute Gasteiger partial charge is 0.497 e. The molecular formula is C29H32N4O4. The van der Waals surface area contributed by atoms with E-state index in [0.29, 0.717) is 19.0 Å². The fourth-order valence-corrected chi connectivity index (χ4v) is 5.99. The molecule has 0 aliphatic carbocycles. The third-order valence-corrected chi connectivity index (χ3v) is 8.13. The van der Waals surface area contributed by atoms with Crippen LogP contribution in [0, 0.1) is 0 Å². The van der Waals surface area contributed by atoms with E-state index in [0.717, 1.165) is 59.4 Å². The molecule has 1 unspecified atom stereocenters. The molecule has 2 aliphatic heterocycles. The number of H-pyrrole nitrogens is 2. The van der Waals surface area contributed by atoms with Gasteiger partial charge in [-0.15, -0.1) is 0 Å². The molecule has 8 heteroatoms. The van der Waals surface area contributed by atoms with Gasteiger partial charge in [-0.3, -0.25) is 14.5 Å². The molecule has 2 aliphatic rings. The molecule has 0 bridgehead atoms. The number of aromatic amines is 2. The number of amides is 2. The number of nitrogens with zero attached hydrogens (tertiary/aromatic N) is 2. The van der Waals surface area contributed by atoms with Gasteiger partial charge >= 0.3 is 0 Å². The van der Waals surface area contributed by atoms with Crippen LogP contribution >= 0.6 is 0 Å². The van der Waals surface area contributed by atoms with Crippen molar-refractivity contribution < 1.29 is 19.1 Å². The summed E-state index contributed by atoms with van der Waals surface area (Å²) in [5, 5.41) is 2.16. The lowest BCUT2D eigenvalue weighted by Crippen LogP contribution is -2.41. The Hall–Kier alpha value is -3.78. The van der Waals surface area contributed by atoms with E-state index < -0.39 is 5.92 Å². The molecule has 2 fully saturated rings. The lowest BCUT2D eigenvalue weighted by Gasteiger charge is -2.32. The Bertz CT molecular complexity index is 1460. The summed E-state index contributed by atoms with van der Waals surface area (Å²) < 4.78 is 10.8. The summed E-state index contributed by atoms with van der Waals surface area (Å²) in [6.07, 6.45) is 6.30. The standard InChI is InChI=1S/C29H32N4O4/c1-36-19-3-5-26-21(13-19)24(16-30-26)18-7-9-32(10-8-18)11-12-33-28(34)15-23(29(33)35)25-17-31-27-6-4-20(37-2)14-22(25)27/h3-6,13-14,16-18,23,30-31H,7-12,15H2,1-2H3.